The predicted octanol–water partition coefficient (Wildman–Crippen LogP) is 0.336. The second-order valence-corrected chi connectivity index (χ2v) is 8.16. The van der Waals surface area contributed by atoms with Gasteiger partial charge >= 0.3 is 0 Å². The van der Waals surface area contributed by atoms with Gasteiger partial charge in [-0.15, -0.1) is 0 Å². The van der Waals surface area contributed by atoms with Gasteiger partial charge in [0.15, 0.2) is 9.84 Å². The summed E-state index contributed by atoms with van der Waals surface area (Å²) in [6.07, 6.45) is 5.90. The van der Waals surface area contributed by atoms with Crippen molar-refractivity contribution in [3.63, 3.8) is 0 Å². The first kappa shape index (κ1) is 15.2. The number of anilines is 1. The molecule has 1 amide bonds. The summed E-state index contributed by atoms with van der Waals surface area (Å²) in [4.78, 5) is 24.5. The number of aromatic nitrogens is 2. The van der Waals surface area contributed by atoms with E-state index in [-0.39, 0.29) is 29.1 Å². The van der Waals surface area contributed by atoms with Gasteiger partial charge in [-0.1, -0.05) is 0 Å². The minimum Gasteiger partial charge on any atom is -0.355 e. The topological polar surface area (TPSA) is 83.5 Å². The van der Waals surface area contributed by atoms with Crippen LogP contribution in [0.4, 0.5) is 5.82 Å². The Balaban J connectivity index is 1.69. The van der Waals surface area contributed by atoms with Gasteiger partial charge in [-0.05, 0) is 19.3 Å². The molecule has 2 saturated heterocycles. The molecule has 2 aliphatic heterocycles. The van der Waals surface area contributed by atoms with Crippen LogP contribution >= 0.6 is 0 Å². The molecule has 1 unspecified atom stereocenters. The number of carbonyl (C=O) groups excluding carboxylic acids is 1. The first-order chi connectivity index (χ1) is 10.5. The standard InChI is InChI=1S/C14H20N4O3S/c1-17(11-4-7-22(20,21)10-11)14(19)12-8-16-13(9-15-12)18-5-2-3-6-18/h8-9,11H,2-7,10H2,1H3. The van der Waals surface area contributed by atoms with Crippen LogP contribution < -0.4 is 4.90 Å². The minimum absolute atomic E-state index is 0.0362. The third-order valence-corrected chi connectivity index (χ3v) is 6.11. The van der Waals surface area contributed by atoms with Crippen LogP contribution in [-0.4, -0.2) is 66.9 Å². The summed E-state index contributed by atoms with van der Waals surface area (Å²) < 4.78 is 23.0. The zero-order valence-corrected chi connectivity index (χ0v) is 13.4. The number of nitrogens with zero attached hydrogens (tertiary/aromatic N) is 4. The van der Waals surface area contributed by atoms with Crippen molar-refractivity contribution in [2.75, 3.05) is 36.5 Å². The number of amides is 1. The van der Waals surface area contributed by atoms with Gasteiger partial charge in [0.2, 0.25) is 0 Å². The van der Waals surface area contributed by atoms with Crippen molar-refractivity contribution >= 4 is 21.6 Å². The van der Waals surface area contributed by atoms with E-state index in [1.165, 1.54) is 11.1 Å². The van der Waals surface area contributed by atoms with Gasteiger partial charge < -0.3 is 9.80 Å². The molecule has 0 aliphatic carbocycles. The van der Waals surface area contributed by atoms with Crippen LogP contribution in [-0.2, 0) is 9.84 Å². The Hall–Kier alpha value is -1.70. The van der Waals surface area contributed by atoms with E-state index in [0.29, 0.717) is 6.42 Å². The average molecular weight is 324 g/mol. The molecule has 0 N–H and O–H groups in total. The fourth-order valence-electron chi connectivity index (χ4n) is 2.97. The molecule has 3 rings (SSSR count). The highest BCUT2D eigenvalue weighted by molar-refractivity contribution is 7.91. The lowest BCUT2D eigenvalue weighted by Crippen LogP contribution is -2.38. The average Bonchev–Trinajstić information content (AvgIpc) is 3.15. The molecular weight excluding hydrogens is 304 g/mol. The second-order valence-electron chi connectivity index (χ2n) is 5.93. The van der Waals surface area contributed by atoms with E-state index in [0.717, 1.165) is 31.7 Å². The zero-order valence-electron chi connectivity index (χ0n) is 12.6. The number of sulfone groups is 1. The molecule has 0 bridgehead atoms. The Morgan fingerprint density at radius 3 is 2.55 bits per heavy atom. The third kappa shape index (κ3) is 3.06. The Kier molecular flexibility index (Phi) is 4.03. The number of rotatable bonds is 3. The Bertz CT molecular complexity index is 653. The molecule has 2 fully saturated rings. The SMILES string of the molecule is CN(C(=O)c1cnc(N2CCCC2)cn1)C1CCS(=O)(=O)C1. The van der Waals surface area contributed by atoms with Crippen LogP contribution in [0.1, 0.15) is 29.8 Å². The monoisotopic (exact) mass is 324 g/mol. The van der Waals surface area contributed by atoms with Gasteiger partial charge in [-0.2, -0.15) is 0 Å². The first-order valence-corrected chi connectivity index (χ1v) is 9.33. The molecule has 7 nitrogen and oxygen atoms in total. The molecule has 0 saturated carbocycles. The highest BCUT2D eigenvalue weighted by Crippen LogP contribution is 2.19. The van der Waals surface area contributed by atoms with Crippen LogP contribution in [0, 0.1) is 0 Å². The Morgan fingerprint density at radius 2 is 2.00 bits per heavy atom. The summed E-state index contributed by atoms with van der Waals surface area (Å²) in [7, 11) is -1.38. The third-order valence-electron chi connectivity index (χ3n) is 4.36. The number of hydrogen-bond acceptors (Lipinski definition) is 6. The molecule has 1 atom stereocenters. The lowest BCUT2D eigenvalue weighted by Gasteiger charge is -2.23. The van der Waals surface area contributed by atoms with Crippen molar-refractivity contribution in [3.05, 3.63) is 18.1 Å². The van der Waals surface area contributed by atoms with E-state index in [9.17, 15) is 13.2 Å². The van der Waals surface area contributed by atoms with E-state index in [1.54, 1.807) is 13.2 Å². The molecule has 1 aromatic rings. The summed E-state index contributed by atoms with van der Waals surface area (Å²) in [5.41, 5.74) is 0.259. The lowest BCUT2D eigenvalue weighted by molar-refractivity contribution is 0.0741. The summed E-state index contributed by atoms with van der Waals surface area (Å²) >= 11 is 0. The maximum Gasteiger partial charge on any atom is 0.274 e. The fraction of sp³-hybridized carbons (Fsp3) is 0.643. The van der Waals surface area contributed by atoms with Crippen LogP contribution in [0.3, 0.4) is 0 Å². The van der Waals surface area contributed by atoms with E-state index in [2.05, 4.69) is 14.9 Å². The van der Waals surface area contributed by atoms with E-state index < -0.39 is 9.84 Å². The van der Waals surface area contributed by atoms with Gasteiger partial charge in [0.1, 0.15) is 11.5 Å². The maximum absolute atomic E-state index is 12.4. The highest BCUT2D eigenvalue weighted by Gasteiger charge is 2.33. The number of hydrogen-bond donors (Lipinski definition) is 0. The largest absolute Gasteiger partial charge is 0.355 e. The van der Waals surface area contributed by atoms with Crippen LogP contribution in [0.2, 0.25) is 0 Å². The van der Waals surface area contributed by atoms with Gasteiger partial charge in [-0.3, -0.25) is 4.79 Å². The zero-order chi connectivity index (χ0) is 15.7. The van der Waals surface area contributed by atoms with Gasteiger partial charge in [-0.25, -0.2) is 18.4 Å². The summed E-state index contributed by atoms with van der Waals surface area (Å²) in [6, 6.07) is -0.266. The van der Waals surface area contributed by atoms with E-state index >= 15 is 0 Å². The van der Waals surface area contributed by atoms with E-state index in [4.69, 9.17) is 0 Å². The second kappa shape index (κ2) is 5.83. The molecular formula is C14H20N4O3S. The molecule has 22 heavy (non-hydrogen) atoms. The fourth-order valence-corrected chi connectivity index (χ4v) is 4.74. The van der Waals surface area contributed by atoms with Crippen molar-refractivity contribution < 1.29 is 13.2 Å². The van der Waals surface area contributed by atoms with Crippen molar-refractivity contribution in [3.8, 4) is 0 Å². The van der Waals surface area contributed by atoms with Gasteiger partial charge in [0.25, 0.3) is 5.91 Å². The molecule has 3 heterocycles. The minimum atomic E-state index is -3.01. The first-order valence-electron chi connectivity index (χ1n) is 7.51. The molecule has 0 radical (unpaired) electrons. The molecule has 120 valence electrons. The molecule has 8 heteroatoms. The van der Waals surface area contributed by atoms with E-state index in [1.807, 2.05) is 0 Å². The maximum atomic E-state index is 12.4. The Morgan fingerprint density at radius 1 is 1.27 bits per heavy atom. The van der Waals surface area contributed by atoms with Crippen molar-refractivity contribution in [1.29, 1.82) is 0 Å². The molecule has 2 aliphatic rings. The molecule has 1 aromatic heterocycles. The van der Waals surface area contributed by atoms with Gasteiger partial charge in [0.05, 0.1) is 23.9 Å². The van der Waals surface area contributed by atoms with Crippen molar-refractivity contribution in [2.45, 2.75) is 25.3 Å². The normalized spacial score (nSPS) is 23.7. The lowest BCUT2D eigenvalue weighted by atomic mass is 10.2. The highest BCUT2D eigenvalue weighted by atomic mass is 32.2. The summed E-state index contributed by atoms with van der Waals surface area (Å²) in [5, 5.41) is 0. The van der Waals surface area contributed by atoms with Crippen molar-refractivity contribution in [2.24, 2.45) is 0 Å². The van der Waals surface area contributed by atoms with Gasteiger partial charge in [0, 0.05) is 26.2 Å². The van der Waals surface area contributed by atoms with Crippen molar-refractivity contribution in [1.82, 2.24) is 14.9 Å². The number of carbonyl (C=O) groups is 1. The summed E-state index contributed by atoms with van der Waals surface area (Å²) in [6.45, 7) is 1.95. The predicted molar refractivity (Wildman–Crippen MR) is 82.6 cm³/mol. The summed E-state index contributed by atoms with van der Waals surface area (Å²) in [5.74, 6) is 0.700. The molecule has 0 spiro atoms. The van der Waals surface area contributed by atoms with Crippen LogP contribution in [0.25, 0.3) is 0 Å². The van der Waals surface area contributed by atoms with Crippen LogP contribution in [0.5, 0.6) is 0 Å². The Labute approximate surface area is 130 Å². The quantitative estimate of drug-likeness (QED) is 0.797. The smallest absolute Gasteiger partial charge is 0.274 e. The van der Waals surface area contributed by atoms with Crippen LogP contribution in [0.15, 0.2) is 12.4 Å². The molecule has 0 aromatic carbocycles.